The number of carbonyl (C=O) groups is 1. The van der Waals surface area contributed by atoms with Gasteiger partial charge in [-0.3, -0.25) is 9.78 Å². The molecule has 2 aromatic rings. The molecule has 2 aromatic heterocycles. The van der Waals surface area contributed by atoms with E-state index in [1.807, 2.05) is 13.8 Å². The minimum absolute atomic E-state index is 0.172. The van der Waals surface area contributed by atoms with Crippen molar-refractivity contribution in [3.63, 3.8) is 0 Å². The third-order valence-electron chi connectivity index (χ3n) is 2.29. The third kappa shape index (κ3) is 2.73. The molecule has 0 saturated carbocycles. The van der Waals surface area contributed by atoms with Crippen molar-refractivity contribution in [1.82, 2.24) is 14.6 Å². The molecule has 18 heavy (non-hydrogen) atoms. The Hall–Kier alpha value is -1.34. The van der Waals surface area contributed by atoms with E-state index in [2.05, 4.69) is 35.8 Å². The lowest BCUT2D eigenvalue weighted by Crippen LogP contribution is -2.13. The van der Waals surface area contributed by atoms with Gasteiger partial charge in [-0.25, -0.2) is 0 Å². The number of amides is 1. The lowest BCUT2D eigenvalue weighted by molar-refractivity contribution is 0.102. The summed E-state index contributed by atoms with van der Waals surface area (Å²) in [5.74, 6) is -0.0222. The standard InChI is InChI=1S/C11H11BrN4OS/c1-6(2)9-10(18-16-15-9)11(17)14-8-3-4-13-5-7(8)12/h3-6H,1-2H3,(H,13,14,17). The minimum Gasteiger partial charge on any atom is -0.320 e. The number of rotatable bonds is 3. The average molecular weight is 327 g/mol. The van der Waals surface area contributed by atoms with Gasteiger partial charge in [-0.1, -0.05) is 18.3 Å². The van der Waals surface area contributed by atoms with E-state index in [4.69, 9.17) is 0 Å². The number of aromatic nitrogens is 3. The molecule has 0 radical (unpaired) electrons. The highest BCUT2D eigenvalue weighted by Crippen LogP contribution is 2.24. The van der Waals surface area contributed by atoms with E-state index in [1.54, 1.807) is 18.5 Å². The number of hydrogen-bond acceptors (Lipinski definition) is 5. The van der Waals surface area contributed by atoms with Gasteiger partial charge in [-0.2, -0.15) is 0 Å². The van der Waals surface area contributed by atoms with Crippen LogP contribution in [0.2, 0.25) is 0 Å². The first-order valence-electron chi connectivity index (χ1n) is 5.32. The molecule has 7 heteroatoms. The highest BCUT2D eigenvalue weighted by atomic mass is 79.9. The maximum absolute atomic E-state index is 12.1. The quantitative estimate of drug-likeness (QED) is 0.941. The molecule has 0 bridgehead atoms. The molecule has 1 amide bonds. The molecular formula is C11H11BrN4OS. The van der Waals surface area contributed by atoms with E-state index < -0.39 is 0 Å². The fourth-order valence-corrected chi connectivity index (χ4v) is 2.45. The van der Waals surface area contributed by atoms with Crippen molar-refractivity contribution in [2.24, 2.45) is 0 Å². The van der Waals surface area contributed by atoms with Crippen LogP contribution in [0.1, 0.15) is 35.1 Å². The number of nitrogens with one attached hydrogen (secondary N) is 1. The molecule has 2 rings (SSSR count). The fraction of sp³-hybridized carbons (Fsp3) is 0.273. The van der Waals surface area contributed by atoms with Crippen LogP contribution in [0.25, 0.3) is 0 Å². The van der Waals surface area contributed by atoms with Crippen LogP contribution in [-0.4, -0.2) is 20.5 Å². The molecule has 0 atom stereocenters. The SMILES string of the molecule is CC(C)c1nnsc1C(=O)Nc1ccncc1Br. The largest absolute Gasteiger partial charge is 0.320 e. The predicted octanol–water partition coefficient (Wildman–Crippen LogP) is 3.07. The summed E-state index contributed by atoms with van der Waals surface area (Å²) in [4.78, 5) is 16.6. The van der Waals surface area contributed by atoms with Gasteiger partial charge in [0.2, 0.25) is 0 Å². The molecule has 94 valence electrons. The smallest absolute Gasteiger partial charge is 0.269 e. The van der Waals surface area contributed by atoms with Crippen LogP contribution in [0.5, 0.6) is 0 Å². The summed E-state index contributed by atoms with van der Waals surface area (Å²) in [6, 6.07) is 1.73. The van der Waals surface area contributed by atoms with Crippen molar-refractivity contribution in [3.05, 3.63) is 33.5 Å². The van der Waals surface area contributed by atoms with Crippen molar-refractivity contribution in [3.8, 4) is 0 Å². The number of pyridine rings is 1. The lowest BCUT2D eigenvalue weighted by atomic mass is 10.1. The van der Waals surface area contributed by atoms with Gasteiger partial charge in [-0.15, -0.1) is 5.10 Å². The van der Waals surface area contributed by atoms with Gasteiger partial charge in [0.05, 0.1) is 15.9 Å². The second-order valence-corrected chi connectivity index (χ2v) is 5.56. The Bertz CT molecular complexity index is 570. The van der Waals surface area contributed by atoms with Crippen LogP contribution in [0.3, 0.4) is 0 Å². The fourth-order valence-electron chi connectivity index (χ4n) is 1.39. The van der Waals surface area contributed by atoms with E-state index in [0.717, 1.165) is 21.7 Å². The Kier molecular flexibility index (Phi) is 4.03. The van der Waals surface area contributed by atoms with Crippen LogP contribution >= 0.6 is 27.5 Å². The number of halogens is 1. The van der Waals surface area contributed by atoms with E-state index in [1.165, 1.54) is 0 Å². The Morgan fingerprint density at radius 1 is 1.50 bits per heavy atom. The number of nitrogens with zero attached hydrogens (tertiary/aromatic N) is 3. The average Bonchev–Trinajstić information content (AvgIpc) is 2.81. The maximum atomic E-state index is 12.1. The van der Waals surface area contributed by atoms with E-state index in [0.29, 0.717) is 10.6 Å². The van der Waals surface area contributed by atoms with E-state index in [9.17, 15) is 4.79 Å². The molecule has 5 nitrogen and oxygen atoms in total. The summed E-state index contributed by atoms with van der Waals surface area (Å²) in [6.45, 7) is 3.96. The molecule has 0 unspecified atom stereocenters. The van der Waals surface area contributed by atoms with Gasteiger partial charge >= 0.3 is 0 Å². The molecule has 2 heterocycles. The third-order valence-corrected chi connectivity index (χ3v) is 3.66. The number of hydrogen-bond donors (Lipinski definition) is 1. The predicted molar refractivity (Wildman–Crippen MR) is 73.9 cm³/mol. The Morgan fingerprint density at radius 2 is 2.28 bits per heavy atom. The molecule has 0 saturated heterocycles. The number of carbonyl (C=O) groups excluding carboxylic acids is 1. The first-order chi connectivity index (χ1) is 8.59. The topological polar surface area (TPSA) is 67.8 Å². The maximum Gasteiger partial charge on any atom is 0.269 e. The summed E-state index contributed by atoms with van der Waals surface area (Å²) in [7, 11) is 0. The zero-order chi connectivity index (χ0) is 13.1. The van der Waals surface area contributed by atoms with Gasteiger partial charge in [0.15, 0.2) is 0 Å². The summed E-state index contributed by atoms with van der Waals surface area (Å²) in [5.41, 5.74) is 1.40. The van der Waals surface area contributed by atoms with Gasteiger partial charge in [0.25, 0.3) is 5.91 Å². The molecule has 0 aliphatic heterocycles. The van der Waals surface area contributed by atoms with Crippen LogP contribution in [0, 0.1) is 0 Å². The van der Waals surface area contributed by atoms with E-state index in [-0.39, 0.29) is 11.8 Å². The van der Waals surface area contributed by atoms with Crippen molar-refractivity contribution in [2.75, 3.05) is 5.32 Å². The second-order valence-electron chi connectivity index (χ2n) is 3.95. The van der Waals surface area contributed by atoms with Crippen molar-refractivity contribution >= 4 is 39.1 Å². The molecule has 0 aliphatic rings. The highest BCUT2D eigenvalue weighted by Gasteiger charge is 2.19. The molecular weight excluding hydrogens is 316 g/mol. The van der Waals surface area contributed by atoms with Crippen molar-refractivity contribution in [1.29, 1.82) is 0 Å². The van der Waals surface area contributed by atoms with E-state index >= 15 is 0 Å². The van der Waals surface area contributed by atoms with Crippen LogP contribution in [0.15, 0.2) is 22.9 Å². The Morgan fingerprint density at radius 3 is 2.94 bits per heavy atom. The molecule has 1 N–H and O–H groups in total. The van der Waals surface area contributed by atoms with Crippen LogP contribution < -0.4 is 5.32 Å². The van der Waals surface area contributed by atoms with Crippen LogP contribution in [-0.2, 0) is 0 Å². The van der Waals surface area contributed by atoms with Crippen LogP contribution in [0.4, 0.5) is 5.69 Å². The molecule has 0 fully saturated rings. The first-order valence-corrected chi connectivity index (χ1v) is 6.89. The summed E-state index contributed by atoms with van der Waals surface area (Å²) in [5, 5.41) is 6.80. The van der Waals surface area contributed by atoms with Gasteiger partial charge < -0.3 is 5.32 Å². The zero-order valence-electron chi connectivity index (χ0n) is 9.85. The summed E-state index contributed by atoms with van der Waals surface area (Å²) >= 11 is 4.44. The highest BCUT2D eigenvalue weighted by molar-refractivity contribution is 9.10. The van der Waals surface area contributed by atoms with Gasteiger partial charge in [-0.05, 0) is 39.4 Å². The minimum atomic E-state index is -0.194. The zero-order valence-corrected chi connectivity index (χ0v) is 12.2. The second kappa shape index (κ2) is 5.53. The van der Waals surface area contributed by atoms with Gasteiger partial charge in [0, 0.05) is 12.4 Å². The Balaban J connectivity index is 2.23. The Labute approximate surface area is 117 Å². The normalized spacial score (nSPS) is 10.7. The number of anilines is 1. The first kappa shape index (κ1) is 13.1. The lowest BCUT2D eigenvalue weighted by Gasteiger charge is -2.07. The monoisotopic (exact) mass is 326 g/mol. The van der Waals surface area contributed by atoms with Gasteiger partial charge in [0.1, 0.15) is 4.88 Å². The van der Waals surface area contributed by atoms with Crippen molar-refractivity contribution < 1.29 is 4.79 Å². The molecule has 0 aliphatic carbocycles. The summed E-state index contributed by atoms with van der Waals surface area (Å²) < 4.78 is 4.57. The summed E-state index contributed by atoms with van der Waals surface area (Å²) in [6.07, 6.45) is 3.25. The molecule has 0 spiro atoms. The van der Waals surface area contributed by atoms with Crippen molar-refractivity contribution in [2.45, 2.75) is 19.8 Å². The molecule has 0 aromatic carbocycles.